The average Bonchev–Trinajstić information content (AvgIpc) is 2.76. The van der Waals surface area contributed by atoms with Crippen molar-refractivity contribution in [3.8, 4) is 11.3 Å². The molecular formula is C13H16BrN3. The molecule has 0 fully saturated rings. The van der Waals surface area contributed by atoms with Crippen LogP contribution in [0, 0.1) is 0 Å². The van der Waals surface area contributed by atoms with Gasteiger partial charge >= 0.3 is 0 Å². The Morgan fingerprint density at radius 3 is 2.71 bits per heavy atom. The highest BCUT2D eigenvalue weighted by atomic mass is 79.9. The van der Waals surface area contributed by atoms with Gasteiger partial charge in [0.1, 0.15) is 5.82 Å². The molecule has 0 amide bonds. The third-order valence-electron chi connectivity index (χ3n) is 2.62. The third-order valence-corrected chi connectivity index (χ3v) is 3.15. The molecule has 3 N–H and O–H groups in total. The van der Waals surface area contributed by atoms with Crippen LogP contribution in [0.25, 0.3) is 11.3 Å². The number of H-pyrrole nitrogens is 1. The van der Waals surface area contributed by atoms with Gasteiger partial charge < -0.3 is 10.7 Å². The number of imidazole rings is 1. The molecule has 3 nitrogen and oxygen atoms in total. The van der Waals surface area contributed by atoms with Crippen molar-refractivity contribution in [3.05, 3.63) is 40.8 Å². The van der Waals surface area contributed by atoms with Crippen molar-refractivity contribution in [2.75, 3.05) is 0 Å². The summed E-state index contributed by atoms with van der Waals surface area (Å²) in [5.74, 6) is 1.00. The molecule has 0 saturated carbocycles. The number of rotatable bonds is 4. The zero-order chi connectivity index (χ0) is 12.3. The molecule has 0 bridgehead atoms. The Labute approximate surface area is 110 Å². The van der Waals surface area contributed by atoms with Gasteiger partial charge in [0, 0.05) is 16.9 Å². The van der Waals surface area contributed by atoms with E-state index in [9.17, 15) is 0 Å². The van der Waals surface area contributed by atoms with E-state index in [0.717, 1.165) is 34.4 Å². The Morgan fingerprint density at radius 1 is 1.35 bits per heavy atom. The fraction of sp³-hybridized carbons (Fsp3) is 0.308. The second-order valence-corrected chi connectivity index (χ2v) is 5.18. The molecule has 2 aromatic rings. The fourth-order valence-corrected chi connectivity index (χ4v) is 1.89. The number of nitrogens with zero attached hydrogens (tertiary/aromatic N) is 1. The lowest BCUT2D eigenvalue weighted by Gasteiger charge is -2.01. The number of hydrogen-bond donors (Lipinski definition) is 2. The van der Waals surface area contributed by atoms with Gasteiger partial charge in [-0.1, -0.05) is 28.1 Å². The van der Waals surface area contributed by atoms with E-state index < -0.39 is 0 Å². The van der Waals surface area contributed by atoms with E-state index in [1.54, 1.807) is 0 Å². The molecule has 0 spiro atoms. The van der Waals surface area contributed by atoms with Crippen LogP contribution in [0.5, 0.6) is 0 Å². The van der Waals surface area contributed by atoms with Gasteiger partial charge in [0.05, 0.1) is 11.9 Å². The highest BCUT2D eigenvalue weighted by molar-refractivity contribution is 9.10. The van der Waals surface area contributed by atoms with Gasteiger partial charge in [-0.3, -0.25) is 0 Å². The lowest BCUT2D eigenvalue weighted by molar-refractivity contribution is 0.652. The van der Waals surface area contributed by atoms with Crippen LogP contribution in [0.3, 0.4) is 0 Å². The van der Waals surface area contributed by atoms with Gasteiger partial charge in [0.2, 0.25) is 0 Å². The minimum atomic E-state index is 0.219. The lowest BCUT2D eigenvalue weighted by atomic mass is 10.2. The minimum absolute atomic E-state index is 0.219. The van der Waals surface area contributed by atoms with E-state index in [4.69, 9.17) is 5.73 Å². The van der Waals surface area contributed by atoms with Crippen LogP contribution in [0.1, 0.15) is 19.2 Å². The molecule has 1 unspecified atom stereocenters. The first-order chi connectivity index (χ1) is 8.15. The Balaban J connectivity index is 2.10. The molecule has 1 aromatic carbocycles. The first kappa shape index (κ1) is 12.3. The molecule has 0 saturated heterocycles. The van der Waals surface area contributed by atoms with E-state index in [1.165, 1.54) is 0 Å². The van der Waals surface area contributed by atoms with Crippen LogP contribution in [-0.2, 0) is 6.42 Å². The molecular weight excluding hydrogens is 278 g/mol. The molecule has 0 aliphatic heterocycles. The number of halogens is 1. The van der Waals surface area contributed by atoms with Crippen molar-refractivity contribution in [2.45, 2.75) is 25.8 Å². The largest absolute Gasteiger partial charge is 0.342 e. The van der Waals surface area contributed by atoms with Crippen LogP contribution in [0.15, 0.2) is 34.9 Å². The predicted molar refractivity (Wildman–Crippen MR) is 73.7 cm³/mol. The number of aryl methyl sites for hydroxylation is 1. The molecule has 1 heterocycles. The summed E-state index contributed by atoms with van der Waals surface area (Å²) in [6.45, 7) is 2.01. The molecule has 0 aliphatic rings. The summed E-state index contributed by atoms with van der Waals surface area (Å²) in [5.41, 5.74) is 7.93. The van der Waals surface area contributed by atoms with Gasteiger partial charge in [-0.25, -0.2) is 4.98 Å². The average molecular weight is 294 g/mol. The normalized spacial score (nSPS) is 12.6. The highest BCUT2D eigenvalue weighted by Crippen LogP contribution is 2.20. The van der Waals surface area contributed by atoms with Crippen LogP contribution < -0.4 is 5.73 Å². The van der Waals surface area contributed by atoms with Crippen LogP contribution in [-0.4, -0.2) is 16.0 Å². The first-order valence-electron chi connectivity index (χ1n) is 5.70. The maximum Gasteiger partial charge on any atom is 0.106 e. The number of nitrogens with two attached hydrogens (primary N) is 1. The summed E-state index contributed by atoms with van der Waals surface area (Å²) in [6.07, 6.45) is 3.72. The number of aromatic amines is 1. The maximum atomic E-state index is 5.73. The van der Waals surface area contributed by atoms with Crippen molar-refractivity contribution in [3.63, 3.8) is 0 Å². The second-order valence-electron chi connectivity index (χ2n) is 4.27. The summed E-state index contributed by atoms with van der Waals surface area (Å²) in [5, 5.41) is 0. The number of benzene rings is 1. The highest BCUT2D eigenvalue weighted by Gasteiger charge is 2.04. The van der Waals surface area contributed by atoms with E-state index in [-0.39, 0.29) is 6.04 Å². The van der Waals surface area contributed by atoms with Gasteiger partial charge in [-0.2, -0.15) is 0 Å². The lowest BCUT2D eigenvalue weighted by Crippen LogP contribution is -2.15. The summed E-state index contributed by atoms with van der Waals surface area (Å²) >= 11 is 3.42. The van der Waals surface area contributed by atoms with Gasteiger partial charge in [-0.05, 0) is 31.0 Å². The zero-order valence-electron chi connectivity index (χ0n) is 9.78. The summed E-state index contributed by atoms with van der Waals surface area (Å²) in [6, 6.07) is 8.39. The smallest absolute Gasteiger partial charge is 0.106 e. The number of aromatic nitrogens is 2. The van der Waals surface area contributed by atoms with Crippen molar-refractivity contribution in [2.24, 2.45) is 5.73 Å². The van der Waals surface area contributed by atoms with E-state index in [1.807, 2.05) is 25.3 Å². The van der Waals surface area contributed by atoms with Crippen molar-refractivity contribution in [1.82, 2.24) is 9.97 Å². The molecule has 0 radical (unpaired) electrons. The van der Waals surface area contributed by atoms with Crippen LogP contribution >= 0.6 is 15.9 Å². The Hall–Kier alpha value is -1.13. The van der Waals surface area contributed by atoms with Crippen molar-refractivity contribution < 1.29 is 0 Å². The molecule has 1 atom stereocenters. The topological polar surface area (TPSA) is 54.7 Å². The van der Waals surface area contributed by atoms with Crippen molar-refractivity contribution >= 4 is 15.9 Å². The second kappa shape index (κ2) is 5.47. The number of hydrogen-bond acceptors (Lipinski definition) is 2. The molecule has 0 aliphatic carbocycles. The van der Waals surface area contributed by atoms with Gasteiger partial charge in [-0.15, -0.1) is 0 Å². The summed E-state index contributed by atoms with van der Waals surface area (Å²) in [4.78, 5) is 7.69. The predicted octanol–water partition coefficient (Wildman–Crippen LogP) is 3.12. The van der Waals surface area contributed by atoms with Gasteiger partial charge in [0.15, 0.2) is 0 Å². The monoisotopic (exact) mass is 293 g/mol. The van der Waals surface area contributed by atoms with E-state index in [2.05, 4.69) is 38.0 Å². The third kappa shape index (κ3) is 3.41. The molecule has 2 rings (SSSR count). The molecule has 17 heavy (non-hydrogen) atoms. The Bertz CT molecular complexity index is 474. The maximum absolute atomic E-state index is 5.73. The summed E-state index contributed by atoms with van der Waals surface area (Å²) < 4.78 is 1.08. The fourth-order valence-electron chi connectivity index (χ4n) is 1.63. The minimum Gasteiger partial charge on any atom is -0.342 e. The standard InChI is InChI=1S/C13H16BrN3/c1-9(15)2-7-13-16-8-12(17-13)10-3-5-11(14)6-4-10/h3-6,8-9H,2,7,15H2,1H3,(H,16,17). The van der Waals surface area contributed by atoms with E-state index >= 15 is 0 Å². The van der Waals surface area contributed by atoms with Crippen LogP contribution in [0.4, 0.5) is 0 Å². The zero-order valence-corrected chi connectivity index (χ0v) is 11.4. The van der Waals surface area contributed by atoms with Crippen molar-refractivity contribution in [1.29, 1.82) is 0 Å². The van der Waals surface area contributed by atoms with E-state index in [0.29, 0.717) is 0 Å². The Morgan fingerprint density at radius 2 is 2.06 bits per heavy atom. The summed E-state index contributed by atoms with van der Waals surface area (Å²) in [7, 11) is 0. The first-order valence-corrected chi connectivity index (χ1v) is 6.50. The SMILES string of the molecule is CC(N)CCc1ncc(-c2ccc(Br)cc2)[nH]1. The van der Waals surface area contributed by atoms with Crippen LogP contribution in [0.2, 0.25) is 0 Å². The quantitative estimate of drug-likeness (QED) is 0.910. The number of nitrogens with one attached hydrogen (secondary N) is 1. The molecule has 1 aromatic heterocycles. The van der Waals surface area contributed by atoms with Gasteiger partial charge in [0.25, 0.3) is 0 Å². The molecule has 90 valence electrons. The molecule has 4 heteroatoms. The Kier molecular flexibility index (Phi) is 3.97.